The molecule has 0 unspecified atom stereocenters. The molecule has 6 nitrogen and oxygen atoms in total. The number of anilines is 1. The number of pyridine rings is 1. The van der Waals surface area contributed by atoms with Gasteiger partial charge in [-0.25, -0.2) is 4.98 Å². The Balaban J connectivity index is 2.05. The summed E-state index contributed by atoms with van der Waals surface area (Å²) in [5, 5.41) is 2.79. The summed E-state index contributed by atoms with van der Waals surface area (Å²) in [4.78, 5) is 18.6. The number of amides is 1. The molecule has 0 bridgehead atoms. The number of hydrogen-bond donors (Lipinski definition) is 1. The van der Waals surface area contributed by atoms with E-state index < -0.39 is 0 Å². The summed E-state index contributed by atoms with van der Waals surface area (Å²) in [6, 6.07) is 3.70. The fourth-order valence-corrected chi connectivity index (χ4v) is 3.03. The Morgan fingerprint density at radius 1 is 1.30 bits per heavy atom. The summed E-state index contributed by atoms with van der Waals surface area (Å²) in [6.45, 7) is 10.8. The van der Waals surface area contributed by atoms with Crippen LogP contribution >= 0.6 is 0 Å². The molecule has 0 atom stereocenters. The SMILES string of the molecule is COCCNC(=O)c1ccc(N2CC(C)(C)OC(C)(C)C2)nc1. The molecular formula is C17H27N3O3. The first-order valence-electron chi connectivity index (χ1n) is 7.91. The van der Waals surface area contributed by atoms with Gasteiger partial charge in [-0.15, -0.1) is 0 Å². The van der Waals surface area contributed by atoms with Crippen molar-refractivity contribution >= 4 is 11.7 Å². The molecule has 1 saturated heterocycles. The molecule has 1 N–H and O–H groups in total. The second kappa shape index (κ2) is 6.84. The van der Waals surface area contributed by atoms with E-state index in [4.69, 9.17) is 9.47 Å². The first-order chi connectivity index (χ1) is 10.7. The van der Waals surface area contributed by atoms with Gasteiger partial charge in [0, 0.05) is 32.9 Å². The van der Waals surface area contributed by atoms with Crippen LogP contribution in [0, 0.1) is 0 Å². The van der Waals surface area contributed by atoms with Crippen molar-refractivity contribution in [2.75, 3.05) is 38.3 Å². The summed E-state index contributed by atoms with van der Waals surface area (Å²) in [7, 11) is 1.60. The zero-order valence-corrected chi connectivity index (χ0v) is 14.7. The van der Waals surface area contributed by atoms with Gasteiger partial charge in [0.15, 0.2) is 0 Å². The largest absolute Gasteiger partial charge is 0.383 e. The van der Waals surface area contributed by atoms with Crippen LogP contribution in [0.15, 0.2) is 18.3 Å². The van der Waals surface area contributed by atoms with Gasteiger partial charge in [0.2, 0.25) is 0 Å². The third-order valence-electron chi connectivity index (χ3n) is 3.62. The van der Waals surface area contributed by atoms with E-state index in [1.807, 2.05) is 6.07 Å². The van der Waals surface area contributed by atoms with Gasteiger partial charge in [-0.3, -0.25) is 4.79 Å². The Morgan fingerprint density at radius 3 is 2.48 bits per heavy atom. The van der Waals surface area contributed by atoms with Crippen molar-refractivity contribution in [2.24, 2.45) is 0 Å². The van der Waals surface area contributed by atoms with Crippen LogP contribution in [0.1, 0.15) is 38.1 Å². The number of nitrogens with zero attached hydrogens (tertiary/aromatic N) is 2. The maximum atomic E-state index is 12.0. The summed E-state index contributed by atoms with van der Waals surface area (Å²) >= 11 is 0. The molecule has 1 aliphatic heterocycles. The van der Waals surface area contributed by atoms with Gasteiger partial charge in [0.05, 0.1) is 23.4 Å². The van der Waals surface area contributed by atoms with Gasteiger partial charge < -0.3 is 19.7 Å². The van der Waals surface area contributed by atoms with Crippen LogP contribution in [0.25, 0.3) is 0 Å². The van der Waals surface area contributed by atoms with E-state index in [1.165, 1.54) is 0 Å². The van der Waals surface area contributed by atoms with Crippen molar-refractivity contribution in [1.29, 1.82) is 0 Å². The number of carbonyl (C=O) groups excluding carboxylic acids is 1. The standard InChI is InChI=1S/C17H27N3O3/c1-16(2)11-20(12-17(3,4)23-16)14-7-6-13(10-19-14)15(21)18-8-9-22-5/h6-7,10H,8-9,11-12H2,1-5H3,(H,18,21). The minimum atomic E-state index is -0.236. The number of morpholine rings is 1. The topological polar surface area (TPSA) is 63.7 Å². The Labute approximate surface area is 138 Å². The fraction of sp³-hybridized carbons (Fsp3) is 0.647. The number of nitrogens with one attached hydrogen (secondary N) is 1. The second-order valence-electron chi connectivity index (χ2n) is 7.13. The maximum Gasteiger partial charge on any atom is 0.252 e. The number of rotatable bonds is 5. The van der Waals surface area contributed by atoms with Crippen LogP contribution in [0.3, 0.4) is 0 Å². The lowest BCUT2D eigenvalue weighted by atomic mass is 9.99. The van der Waals surface area contributed by atoms with E-state index in [2.05, 4.69) is 42.9 Å². The van der Waals surface area contributed by atoms with E-state index in [0.717, 1.165) is 18.9 Å². The molecule has 1 fully saturated rings. The van der Waals surface area contributed by atoms with Crippen LogP contribution < -0.4 is 10.2 Å². The highest BCUT2D eigenvalue weighted by atomic mass is 16.5. The molecular weight excluding hydrogens is 294 g/mol. The van der Waals surface area contributed by atoms with E-state index in [1.54, 1.807) is 19.4 Å². The molecule has 0 saturated carbocycles. The number of carbonyl (C=O) groups is 1. The van der Waals surface area contributed by atoms with Gasteiger partial charge >= 0.3 is 0 Å². The highest BCUT2D eigenvalue weighted by molar-refractivity contribution is 5.94. The quantitative estimate of drug-likeness (QED) is 0.839. The molecule has 0 spiro atoms. The highest BCUT2D eigenvalue weighted by Gasteiger charge is 2.38. The van der Waals surface area contributed by atoms with Crippen molar-refractivity contribution in [2.45, 2.75) is 38.9 Å². The molecule has 128 valence electrons. The van der Waals surface area contributed by atoms with Gasteiger partial charge in [0.25, 0.3) is 5.91 Å². The van der Waals surface area contributed by atoms with E-state index in [9.17, 15) is 4.79 Å². The molecule has 1 aliphatic rings. The molecule has 1 aromatic heterocycles. The van der Waals surface area contributed by atoms with Gasteiger partial charge in [-0.05, 0) is 39.8 Å². The summed E-state index contributed by atoms with van der Waals surface area (Å²) in [5.41, 5.74) is 0.0795. The molecule has 1 aromatic rings. The summed E-state index contributed by atoms with van der Waals surface area (Å²) in [5.74, 6) is 0.728. The molecule has 0 aromatic carbocycles. The second-order valence-corrected chi connectivity index (χ2v) is 7.13. The number of hydrogen-bond acceptors (Lipinski definition) is 5. The Bertz CT molecular complexity index is 525. The molecule has 2 rings (SSSR count). The van der Waals surface area contributed by atoms with Gasteiger partial charge in [-0.2, -0.15) is 0 Å². The van der Waals surface area contributed by atoms with Crippen molar-refractivity contribution in [3.63, 3.8) is 0 Å². The van der Waals surface area contributed by atoms with E-state index >= 15 is 0 Å². The first kappa shape index (κ1) is 17.7. The van der Waals surface area contributed by atoms with Crippen molar-refractivity contribution in [1.82, 2.24) is 10.3 Å². The molecule has 1 amide bonds. The number of ether oxygens (including phenoxy) is 2. The van der Waals surface area contributed by atoms with Crippen molar-refractivity contribution in [3.8, 4) is 0 Å². The van der Waals surface area contributed by atoms with Crippen LogP contribution in [0.5, 0.6) is 0 Å². The van der Waals surface area contributed by atoms with Gasteiger partial charge in [-0.1, -0.05) is 0 Å². The highest BCUT2D eigenvalue weighted by Crippen LogP contribution is 2.30. The lowest BCUT2D eigenvalue weighted by molar-refractivity contribution is -0.133. The maximum absolute atomic E-state index is 12.0. The Morgan fingerprint density at radius 2 is 1.96 bits per heavy atom. The molecule has 0 radical (unpaired) electrons. The zero-order valence-electron chi connectivity index (χ0n) is 14.7. The summed E-state index contributed by atoms with van der Waals surface area (Å²) < 4.78 is 11.0. The fourth-order valence-electron chi connectivity index (χ4n) is 3.03. The van der Waals surface area contributed by atoms with Crippen molar-refractivity contribution < 1.29 is 14.3 Å². The molecule has 6 heteroatoms. The predicted octanol–water partition coefficient (Wildman–Crippen LogP) is 1.85. The minimum absolute atomic E-state index is 0.135. The summed E-state index contributed by atoms with van der Waals surface area (Å²) in [6.07, 6.45) is 1.62. The zero-order chi connectivity index (χ0) is 17.1. The normalized spacial score (nSPS) is 19.4. The number of aromatic nitrogens is 1. The van der Waals surface area contributed by atoms with Crippen LogP contribution in [0.4, 0.5) is 5.82 Å². The monoisotopic (exact) mass is 321 g/mol. The Hall–Kier alpha value is -1.66. The predicted molar refractivity (Wildman–Crippen MR) is 89.9 cm³/mol. The average Bonchev–Trinajstić information content (AvgIpc) is 2.44. The minimum Gasteiger partial charge on any atom is -0.383 e. The van der Waals surface area contributed by atoms with Crippen LogP contribution in [-0.2, 0) is 9.47 Å². The van der Waals surface area contributed by atoms with Crippen LogP contribution in [-0.4, -0.2) is 55.4 Å². The number of methoxy groups -OCH3 is 1. The van der Waals surface area contributed by atoms with Gasteiger partial charge in [0.1, 0.15) is 5.82 Å². The molecule has 2 heterocycles. The smallest absolute Gasteiger partial charge is 0.252 e. The van der Waals surface area contributed by atoms with Crippen molar-refractivity contribution in [3.05, 3.63) is 23.9 Å². The van der Waals surface area contributed by atoms with Crippen LogP contribution in [0.2, 0.25) is 0 Å². The third kappa shape index (κ3) is 4.91. The molecule has 0 aliphatic carbocycles. The first-order valence-corrected chi connectivity index (χ1v) is 7.91. The third-order valence-corrected chi connectivity index (χ3v) is 3.62. The lowest BCUT2D eigenvalue weighted by Crippen LogP contribution is -2.57. The van der Waals surface area contributed by atoms with E-state index in [-0.39, 0.29) is 17.1 Å². The van der Waals surface area contributed by atoms with E-state index in [0.29, 0.717) is 18.7 Å². The Kier molecular flexibility index (Phi) is 5.26. The lowest BCUT2D eigenvalue weighted by Gasteiger charge is -2.47. The average molecular weight is 321 g/mol. The molecule has 23 heavy (non-hydrogen) atoms.